The van der Waals surface area contributed by atoms with Crippen molar-refractivity contribution in [1.29, 1.82) is 0 Å². The number of nitrogens with zero attached hydrogens (tertiary/aromatic N) is 1. The van der Waals surface area contributed by atoms with Gasteiger partial charge in [0.2, 0.25) is 82.7 Å². The number of phenols is 2. The SMILES string of the molecule is CC(=O)O.CC(O)C1NC(=O)[C@@H]2CSSC[C@@H]3NC(=O)[C@@H](N)CSSC[C@H](NC(=O)[C@H](CSSCC(C(=O)N[C@@H](Cc4ccc(O)cc4)C(=O)O)NC(=O)CNC1=O)NC(=O)C(Cc1ccc(O)cc1)NC(=O)[C@H](CCC(=O)O)NC3=O)C(=O)NC(CC(N)=O)C(=O)N1CCC[C@H]1C(=O)N[C@@H](C)C(=O)N2. The number of carbonyl (C=O) groups excluding carboxylic acids is 14. The van der Waals surface area contributed by atoms with Gasteiger partial charge in [-0.2, -0.15) is 0 Å². The molecule has 38 nitrogen and oxygen atoms in total. The van der Waals surface area contributed by atoms with Crippen LogP contribution in [-0.2, 0) is 94.3 Å². The number of hydrogen-bond donors (Lipinski definition) is 20. The molecule has 5 unspecified atom stereocenters. The van der Waals surface area contributed by atoms with Crippen LogP contribution in [0.15, 0.2) is 48.5 Å². The maximum Gasteiger partial charge on any atom is 0.326 e. The number of aliphatic carboxylic acids is 3. The third-order valence-corrected chi connectivity index (χ3v) is 22.9. The van der Waals surface area contributed by atoms with E-state index in [2.05, 4.69) is 63.8 Å². The van der Waals surface area contributed by atoms with Crippen LogP contribution in [0, 0.1) is 0 Å². The lowest BCUT2D eigenvalue weighted by Gasteiger charge is -2.30. The van der Waals surface area contributed by atoms with E-state index in [1.807, 2.05) is 0 Å². The molecule has 4 bridgehead atoms. The summed E-state index contributed by atoms with van der Waals surface area (Å²) < 4.78 is 0. The van der Waals surface area contributed by atoms with Crippen molar-refractivity contribution in [3.63, 3.8) is 0 Å². The molecule has 0 saturated carbocycles. The van der Waals surface area contributed by atoms with Gasteiger partial charge in [-0.1, -0.05) is 89.0 Å². The van der Waals surface area contributed by atoms with Crippen LogP contribution in [0.3, 0.4) is 0 Å². The van der Waals surface area contributed by atoms with Crippen LogP contribution in [0.25, 0.3) is 0 Å². The summed E-state index contributed by atoms with van der Waals surface area (Å²) in [6.07, 6.45) is -4.71. The highest BCUT2D eigenvalue weighted by molar-refractivity contribution is 8.77. The molecule has 0 radical (unpaired) electrons. The fourth-order valence-electron chi connectivity index (χ4n) is 10.0. The lowest BCUT2D eigenvalue weighted by molar-refractivity contribution is -0.143. The molecule has 2 aromatic carbocycles. The normalized spacial score (nSPS) is 26.5. The highest BCUT2D eigenvalue weighted by Gasteiger charge is 2.42. The number of fused-ring (bicyclic) bond motifs is 20. The summed E-state index contributed by atoms with van der Waals surface area (Å²) in [5.74, 6) is -22.5. The molecule has 4 heterocycles. The molecule has 6 rings (SSSR count). The summed E-state index contributed by atoms with van der Waals surface area (Å²) in [5.41, 5.74) is 12.6. The van der Waals surface area contributed by atoms with Crippen LogP contribution in [0.1, 0.15) is 64.0 Å². The average Bonchev–Trinajstić information content (AvgIpc) is 1.76. The van der Waals surface area contributed by atoms with Crippen molar-refractivity contribution in [3.05, 3.63) is 59.7 Å². The lowest BCUT2D eigenvalue weighted by atomic mass is 10.0. The highest BCUT2D eigenvalue weighted by atomic mass is 33.1. The maximum absolute atomic E-state index is 15.1. The monoisotopic (exact) mass is 1590 g/mol. The molecule has 105 heavy (non-hydrogen) atoms. The Morgan fingerprint density at radius 2 is 1.04 bits per heavy atom. The second-order valence-electron chi connectivity index (χ2n) is 24.0. The number of carbonyl (C=O) groups is 17. The van der Waals surface area contributed by atoms with Gasteiger partial charge in [-0.25, -0.2) is 4.79 Å². The van der Waals surface area contributed by atoms with E-state index in [-0.39, 0.29) is 48.6 Å². The first-order valence-corrected chi connectivity index (χ1v) is 39.6. The number of rotatable bonds is 13. The second-order valence-corrected chi connectivity index (χ2v) is 31.6. The molecule has 44 heteroatoms. The minimum atomic E-state index is -1.93. The number of phenolic OH excluding ortho intramolecular Hbond substituents is 2. The average molecular weight is 1590 g/mol. The van der Waals surface area contributed by atoms with Gasteiger partial charge in [0.05, 0.1) is 25.1 Å². The molecule has 0 aliphatic carbocycles. The fourth-order valence-corrected chi connectivity index (χ4v) is 17.0. The Morgan fingerprint density at radius 3 is 1.57 bits per heavy atom. The van der Waals surface area contributed by atoms with E-state index in [1.165, 1.54) is 55.5 Å². The van der Waals surface area contributed by atoms with Gasteiger partial charge in [0.15, 0.2) is 0 Å². The highest BCUT2D eigenvalue weighted by Crippen LogP contribution is 2.28. The summed E-state index contributed by atoms with van der Waals surface area (Å²) >= 11 is 0. The molecule has 22 N–H and O–H groups in total. The zero-order valence-corrected chi connectivity index (χ0v) is 61.4. The van der Waals surface area contributed by atoms with Gasteiger partial charge in [-0.05, 0) is 68.5 Å². The standard InChI is InChI=1S/C59H79N15O21S6.C2H4O2/c1-26-47(82)69-41-25-101-99-22-38-52(87)65-33(13-14-45(80)81)49(84)66-34(16-28-5-9-30(76)10-6-28)50(85)71-40(54(89)72-39(23-97-96-20-32(60)48(83)70-38)53(88)67-35(18-43(61)78)58(93)74-15-3-4-42(74)56(91)63-26)24-100-98-21-37(64-44(79)19-62-57(92)46(27(2)75)73-55(41)90)51(86)68-36(59(94)95)17-29-7-11-31(77)12-8-29;1-2(3)4/h5-12,26-27,32-42,46,75-77H,3-4,13-25,60H2,1-2H3,(H2,61,78)(H,62,92)(H,63,91)(H,64,79)(H,65,87)(H,66,84)(H,67,88)(H,68,86)(H,69,82)(H,70,83)(H,71,85)(H,72,89)(H,73,90)(H,80,81)(H,94,95);1H3,(H,3,4)/t26-,27?,32-,33-,34?,35?,36-,37?,38-,39-,40-,41-,42-,46?;/m0./s1. The number of nitrogens with two attached hydrogens (primary N) is 2. The van der Waals surface area contributed by atoms with Crippen molar-refractivity contribution < 1.29 is 112 Å². The minimum absolute atomic E-state index is 0.00937. The van der Waals surface area contributed by atoms with Crippen LogP contribution in [0.5, 0.6) is 11.5 Å². The first kappa shape index (κ1) is 86.7. The first-order valence-electron chi connectivity index (χ1n) is 32.2. The van der Waals surface area contributed by atoms with Gasteiger partial charge in [-0.15, -0.1) is 0 Å². The minimum Gasteiger partial charge on any atom is -0.508 e. The Kier molecular flexibility index (Phi) is 35.4. The Labute approximate surface area is 623 Å². The van der Waals surface area contributed by atoms with E-state index in [1.54, 1.807) is 0 Å². The number of carboxylic acids is 3. The number of aromatic hydroxyl groups is 2. The molecular weight excluding hydrogens is 1500 g/mol. The van der Waals surface area contributed by atoms with Gasteiger partial charge in [0.1, 0.15) is 84.0 Å². The molecule has 4 aliphatic rings. The number of aliphatic hydroxyl groups is 1. The van der Waals surface area contributed by atoms with Gasteiger partial charge >= 0.3 is 11.9 Å². The summed E-state index contributed by atoms with van der Waals surface area (Å²) in [4.78, 5) is 236. The van der Waals surface area contributed by atoms with Crippen molar-refractivity contribution >= 4 is 165 Å². The number of amides is 14. The first-order chi connectivity index (χ1) is 49.6. The molecule has 4 saturated heterocycles. The Hall–Kier alpha value is -8.95. The van der Waals surface area contributed by atoms with Crippen LogP contribution in [0.4, 0.5) is 0 Å². The molecule has 14 atom stereocenters. The molecule has 0 aromatic heterocycles. The topological polar surface area (TPSA) is 611 Å². The third-order valence-electron chi connectivity index (χ3n) is 15.6. The third kappa shape index (κ3) is 29.1. The molecule has 0 spiro atoms. The molecule has 4 aliphatic heterocycles. The Morgan fingerprint density at radius 1 is 0.571 bits per heavy atom. The maximum atomic E-state index is 15.1. The Balaban J connectivity index is 0.00000482. The number of aliphatic hydroxyl groups excluding tert-OH is 1. The van der Waals surface area contributed by atoms with Crippen LogP contribution in [0.2, 0.25) is 0 Å². The fraction of sp³-hybridized carbons (Fsp3) is 0.525. The quantitative estimate of drug-likeness (QED) is 0.0656. The smallest absolute Gasteiger partial charge is 0.326 e. The molecule has 2 aromatic rings. The van der Waals surface area contributed by atoms with E-state index in [0.717, 1.165) is 83.5 Å². The van der Waals surface area contributed by atoms with E-state index in [0.29, 0.717) is 5.56 Å². The number of carboxylic acid groups (broad SMARTS) is 3. The van der Waals surface area contributed by atoms with Crippen molar-refractivity contribution in [2.75, 3.05) is 47.6 Å². The summed E-state index contributed by atoms with van der Waals surface area (Å²) in [6.45, 7) is 2.26. The van der Waals surface area contributed by atoms with E-state index >= 15 is 9.59 Å². The molecular formula is C61H83N15O23S6. The summed E-state index contributed by atoms with van der Waals surface area (Å²) in [7, 11) is 4.74. The van der Waals surface area contributed by atoms with Crippen molar-refractivity contribution in [2.45, 2.75) is 150 Å². The molecule has 4 fully saturated rings. The zero-order chi connectivity index (χ0) is 77.8. The second kappa shape index (κ2) is 42.9. The largest absolute Gasteiger partial charge is 0.508 e. The predicted molar refractivity (Wildman–Crippen MR) is 384 cm³/mol. The van der Waals surface area contributed by atoms with Crippen LogP contribution in [-0.4, -0.2) is 268 Å². The van der Waals surface area contributed by atoms with Crippen molar-refractivity contribution in [2.24, 2.45) is 11.5 Å². The lowest BCUT2D eigenvalue weighted by Crippen LogP contribution is -2.61. The number of primary amides is 1. The molecule has 14 amide bonds. The van der Waals surface area contributed by atoms with Gasteiger partial charge in [0, 0.05) is 67.2 Å². The van der Waals surface area contributed by atoms with Gasteiger partial charge in [0.25, 0.3) is 5.97 Å². The van der Waals surface area contributed by atoms with E-state index in [9.17, 15) is 92.7 Å². The number of hydrogen-bond acceptors (Lipinski definition) is 27. The van der Waals surface area contributed by atoms with Gasteiger partial charge in [-0.3, -0.25) is 76.7 Å². The van der Waals surface area contributed by atoms with Crippen LogP contribution < -0.4 is 75.3 Å². The number of benzene rings is 2. The number of nitrogens with one attached hydrogen (secondary N) is 12. The van der Waals surface area contributed by atoms with Crippen molar-refractivity contribution in [3.8, 4) is 11.5 Å². The van der Waals surface area contributed by atoms with E-state index < -0.39 is 246 Å². The summed E-state index contributed by atoms with van der Waals surface area (Å²) in [6, 6.07) is -11.7. The van der Waals surface area contributed by atoms with Crippen molar-refractivity contribution in [1.82, 2.24) is 68.7 Å². The van der Waals surface area contributed by atoms with E-state index in [4.69, 9.17) is 21.4 Å². The summed E-state index contributed by atoms with van der Waals surface area (Å²) in [5, 5.41) is 87.9. The zero-order valence-electron chi connectivity index (χ0n) is 56.5. The molecule has 576 valence electrons. The van der Waals surface area contributed by atoms with Gasteiger partial charge < -0.3 is 111 Å². The predicted octanol–water partition coefficient (Wildman–Crippen LogP) is -5.85. The van der Waals surface area contributed by atoms with Crippen LogP contribution >= 0.6 is 64.8 Å². The Bertz CT molecular complexity index is 3510.